The van der Waals surface area contributed by atoms with Crippen LogP contribution in [-0.2, 0) is 0 Å². The molecule has 0 aliphatic heterocycles. The van der Waals surface area contributed by atoms with Crippen molar-refractivity contribution < 1.29 is 101 Å². The molecule has 0 nitrogen and oxygen atoms in total. The largest absolute Gasteiger partial charge is 0.385 e. The summed E-state index contributed by atoms with van der Waals surface area (Å²) in [5, 5.41) is 0. The Morgan fingerprint density at radius 2 is 0.543 bits per heavy atom. The Hall–Kier alpha value is -1.61. The normalized spacial score (nSPS) is 16.8. The van der Waals surface area contributed by atoms with Crippen molar-refractivity contribution in [1.82, 2.24) is 0 Å². The molecule has 0 aromatic heterocycles. The Morgan fingerprint density at radius 3 is 0.743 bits per heavy atom. The van der Waals surface area contributed by atoms with Crippen molar-refractivity contribution in [3.63, 3.8) is 0 Å². The lowest BCUT2D eigenvalue weighted by atomic mass is 9.85. The standard InChI is InChI=1S/C12H2F23/c13-1-3(16,17)5(20,21)7(24,25)9(28,29)11(32,33)12(34,35)10(30,31)8(26,27)6(22,23)4(18,19)2(14)15/h1H2. The van der Waals surface area contributed by atoms with Gasteiger partial charge in [-0.2, -0.15) is 96.6 Å². The molecule has 0 aromatic carbocycles. The van der Waals surface area contributed by atoms with E-state index >= 15 is 0 Å². The van der Waals surface area contributed by atoms with E-state index in [-0.39, 0.29) is 0 Å². The summed E-state index contributed by atoms with van der Waals surface area (Å²) < 4.78 is 296. The molecule has 0 aromatic rings. The first kappa shape index (κ1) is 33.4. The minimum absolute atomic E-state index is 4.16. The smallest absolute Gasteiger partial charge is 0.244 e. The van der Waals surface area contributed by atoms with Gasteiger partial charge in [-0.1, -0.05) is 0 Å². The van der Waals surface area contributed by atoms with Crippen molar-refractivity contribution in [3.8, 4) is 0 Å². The van der Waals surface area contributed by atoms with Crippen LogP contribution in [0.25, 0.3) is 0 Å². The molecule has 1 radical (unpaired) electrons. The molecule has 211 valence electrons. The predicted molar refractivity (Wildman–Crippen MR) is 60.9 cm³/mol. The van der Waals surface area contributed by atoms with Crippen molar-refractivity contribution >= 4 is 0 Å². The highest BCUT2D eigenvalue weighted by atomic mass is 19.4. The highest BCUT2D eigenvalue weighted by Gasteiger charge is 2.98. The lowest BCUT2D eigenvalue weighted by Crippen LogP contribution is -2.77. The second-order valence-electron chi connectivity index (χ2n) is 6.27. The van der Waals surface area contributed by atoms with Crippen LogP contribution in [0.15, 0.2) is 0 Å². The van der Waals surface area contributed by atoms with E-state index in [2.05, 4.69) is 0 Å². The summed E-state index contributed by atoms with van der Waals surface area (Å²) in [6, 6.07) is 0. The fraction of sp³-hybridized carbons (Fsp3) is 0.917. The molecule has 23 heteroatoms. The zero-order chi connectivity index (χ0) is 29.3. The maximum absolute atomic E-state index is 13.3. The van der Waals surface area contributed by atoms with Crippen LogP contribution < -0.4 is 0 Å². The topological polar surface area (TPSA) is 0 Å². The Kier molecular flexibility index (Phi) is 7.82. The quantitative estimate of drug-likeness (QED) is 0.219. The van der Waals surface area contributed by atoms with Gasteiger partial charge in [0.05, 0.1) is 0 Å². The third kappa shape index (κ3) is 3.83. The van der Waals surface area contributed by atoms with Crippen molar-refractivity contribution in [2.45, 2.75) is 59.2 Å². The van der Waals surface area contributed by atoms with Gasteiger partial charge in [-0.05, 0) is 0 Å². The van der Waals surface area contributed by atoms with Crippen LogP contribution >= 0.6 is 0 Å². The predicted octanol–water partition coefficient (Wildman–Crippen LogP) is 7.74. The van der Waals surface area contributed by atoms with Gasteiger partial charge in [-0.3, -0.25) is 0 Å². The van der Waals surface area contributed by atoms with Crippen molar-refractivity contribution in [2.24, 2.45) is 0 Å². The fourth-order valence-electron chi connectivity index (χ4n) is 1.81. The first-order valence-corrected chi connectivity index (χ1v) is 7.28. The Labute approximate surface area is 175 Å². The van der Waals surface area contributed by atoms with E-state index in [0.717, 1.165) is 0 Å². The van der Waals surface area contributed by atoms with E-state index in [9.17, 15) is 101 Å². The monoisotopic (exact) mass is 583 g/mol. The summed E-state index contributed by atoms with van der Waals surface area (Å²) in [5.41, 5.74) is 0. The molecule has 0 N–H and O–H groups in total. The second kappa shape index (κ2) is 8.20. The van der Waals surface area contributed by atoms with Crippen LogP contribution in [0.1, 0.15) is 0 Å². The summed E-state index contributed by atoms with van der Waals surface area (Å²) in [4.78, 5) is 0. The Morgan fingerprint density at radius 1 is 0.343 bits per heavy atom. The molecule has 0 fully saturated rings. The van der Waals surface area contributed by atoms with Gasteiger partial charge in [0.2, 0.25) is 0 Å². The van der Waals surface area contributed by atoms with Crippen LogP contribution in [0.3, 0.4) is 0 Å². The van der Waals surface area contributed by atoms with E-state index in [1.54, 1.807) is 0 Å². The van der Waals surface area contributed by atoms with Gasteiger partial charge in [-0.15, -0.1) is 0 Å². The van der Waals surface area contributed by atoms with Crippen LogP contribution in [0.5, 0.6) is 0 Å². The van der Waals surface area contributed by atoms with Gasteiger partial charge in [-0.25, -0.2) is 4.39 Å². The molecule has 0 aliphatic carbocycles. The van der Waals surface area contributed by atoms with Gasteiger partial charge >= 0.3 is 65.7 Å². The van der Waals surface area contributed by atoms with Gasteiger partial charge < -0.3 is 0 Å². The van der Waals surface area contributed by atoms with Crippen LogP contribution in [0.2, 0.25) is 0 Å². The van der Waals surface area contributed by atoms with E-state index in [1.165, 1.54) is 0 Å². The molecule has 0 saturated carbocycles. The van der Waals surface area contributed by atoms with Gasteiger partial charge in [0.1, 0.15) is 0 Å². The molecule has 0 spiro atoms. The van der Waals surface area contributed by atoms with Crippen molar-refractivity contribution in [3.05, 3.63) is 6.43 Å². The SMILES string of the molecule is FCC(F)(F)C(F)(F)C(F)(F)C(F)(F)C(F)(F)C(F)(F)C(F)(F)C(F)(F)C(F)(F)C(F)(F)[C](F)F. The molecule has 0 aliphatic rings. The summed E-state index contributed by atoms with van der Waals surface area (Å²) in [6.07, 6.45) is -5.29. The first-order chi connectivity index (χ1) is 14.8. The minimum Gasteiger partial charge on any atom is -0.244 e. The Bertz CT molecular complexity index is 758. The molecular weight excluding hydrogens is 581 g/mol. The molecule has 0 unspecified atom stereocenters. The van der Waals surface area contributed by atoms with E-state index < -0.39 is 72.3 Å². The van der Waals surface area contributed by atoms with Gasteiger partial charge in [0, 0.05) is 0 Å². The third-order valence-corrected chi connectivity index (χ3v) is 4.02. The summed E-state index contributed by atoms with van der Waals surface area (Å²) in [6.45, 7) is -4.16. The minimum atomic E-state index is -9.32. The summed E-state index contributed by atoms with van der Waals surface area (Å²) in [7, 11) is 0. The zero-order valence-electron chi connectivity index (χ0n) is 14.9. The first-order valence-electron chi connectivity index (χ1n) is 7.28. The Balaban J connectivity index is 7.11. The highest BCUT2D eigenvalue weighted by Crippen LogP contribution is 2.66. The molecule has 0 atom stereocenters. The van der Waals surface area contributed by atoms with Crippen LogP contribution in [0, 0.1) is 6.43 Å². The average molecular weight is 583 g/mol. The number of hydrogen-bond donors (Lipinski definition) is 0. The lowest BCUT2D eigenvalue weighted by Gasteiger charge is -2.44. The summed E-state index contributed by atoms with van der Waals surface area (Å²) in [5.74, 6) is -86.8. The lowest BCUT2D eigenvalue weighted by molar-refractivity contribution is -0.469. The molecule has 0 heterocycles. The van der Waals surface area contributed by atoms with Gasteiger partial charge in [0.25, 0.3) is 0 Å². The summed E-state index contributed by atoms with van der Waals surface area (Å²) >= 11 is 0. The third-order valence-electron chi connectivity index (χ3n) is 4.02. The van der Waals surface area contributed by atoms with Crippen LogP contribution in [-0.4, -0.2) is 65.9 Å². The number of rotatable bonds is 11. The highest BCUT2D eigenvalue weighted by molar-refractivity contribution is 5.19. The molecule has 0 rings (SSSR count). The zero-order valence-corrected chi connectivity index (χ0v) is 14.9. The second-order valence-corrected chi connectivity index (χ2v) is 6.27. The molecule has 35 heavy (non-hydrogen) atoms. The fourth-order valence-corrected chi connectivity index (χ4v) is 1.81. The van der Waals surface area contributed by atoms with Crippen molar-refractivity contribution in [1.29, 1.82) is 0 Å². The maximum Gasteiger partial charge on any atom is 0.385 e. The van der Waals surface area contributed by atoms with Crippen LogP contribution in [0.4, 0.5) is 101 Å². The molecular formula is C12H2F23. The molecule has 0 bridgehead atoms. The van der Waals surface area contributed by atoms with E-state index in [1.807, 2.05) is 0 Å². The molecule has 0 amide bonds. The maximum atomic E-state index is 13.3. The van der Waals surface area contributed by atoms with E-state index in [4.69, 9.17) is 0 Å². The van der Waals surface area contributed by atoms with Crippen molar-refractivity contribution in [2.75, 3.05) is 6.67 Å². The van der Waals surface area contributed by atoms with E-state index in [0.29, 0.717) is 0 Å². The number of hydrogen-bond acceptors (Lipinski definition) is 0. The van der Waals surface area contributed by atoms with Gasteiger partial charge in [0.15, 0.2) is 6.67 Å². The average Bonchev–Trinajstić information content (AvgIpc) is 2.66. The molecule has 0 saturated heterocycles. The number of alkyl halides is 21. The number of halogens is 23.